The van der Waals surface area contributed by atoms with Crippen LogP contribution in [0.5, 0.6) is 0 Å². The van der Waals surface area contributed by atoms with Gasteiger partial charge in [-0.05, 0) is 36.8 Å². The number of aromatic nitrogens is 3. The molecule has 3 heterocycles. The number of halogens is 1. The predicted octanol–water partition coefficient (Wildman–Crippen LogP) is 1.84. The zero-order valence-electron chi connectivity index (χ0n) is 16.2. The van der Waals surface area contributed by atoms with Crippen LogP contribution in [0.2, 0.25) is 0 Å². The first-order valence-electron chi connectivity index (χ1n) is 9.70. The summed E-state index contributed by atoms with van der Waals surface area (Å²) in [6, 6.07) is 10.0. The zero-order valence-corrected chi connectivity index (χ0v) is 16.2. The van der Waals surface area contributed by atoms with Gasteiger partial charge in [-0.1, -0.05) is 12.1 Å². The van der Waals surface area contributed by atoms with Crippen LogP contribution in [0.25, 0.3) is 5.65 Å². The summed E-state index contributed by atoms with van der Waals surface area (Å²) in [4.78, 5) is 14.3. The average molecular weight is 397 g/mol. The van der Waals surface area contributed by atoms with Gasteiger partial charge >= 0.3 is 6.03 Å². The first kappa shape index (κ1) is 19.1. The lowest BCUT2D eigenvalue weighted by Gasteiger charge is -2.29. The van der Waals surface area contributed by atoms with Gasteiger partial charge in [0.15, 0.2) is 11.5 Å². The Morgan fingerprint density at radius 3 is 2.86 bits per heavy atom. The Bertz CT molecular complexity index is 999. The third kappa shape index (κ3) is 4.29. The molecule has 1 fully saturated rings. The van der Waals surface area contributed by atoms with Gasteiger partial charge in [0.05, 0.1) is 11.7 Å². The van der Waals surface area contributed by atoms with E-state index in [9.17, 15) is 9.18 Å². The minimum atomic E-state index is -0.350. The van der Waals surface area contributed by atoms with Gasteiger partial charge in [0, 0.05) is 38.9 Å². The number of pyridine rings is 1. The van der Waals surface area contributed by atoms with Crippen molar-refractivity contribution in [1.82, 2.24) is 30.5 Å². The second-order valence-corrected chi connectivity index (χ2v) is 7.06. The van der Waals surface area contributed by atoms with Crippen molar-refractivity contribution in [3.8, 4) is 0 Å². The molecule has 1 saturated heterocycles. The first-order valence-corrected chi connectivity index (χ1v) is 9.70. The first-order chi connectivity index (χ1) is 14.1. The average Bonchev–Trinajstić information content (AvgIpc) is 3.17. The van der Waals surface area contributed by atoms with Gasteiger partial charge < -0.3 is 20.9 Å². The molecule has 4 rings (SSSR count). The van der Waals surface area contributed by atoms with Crippen molar-refractivity contribution < 1.29 is 9.18 Å². The minimum absolute atomic E-state index is 0.234. The summed E-state index contributed by atoms with van der Waals surface area (Å²) in [6.07, 6.45) is 1.85. The number of nitrogens with one attached hydrogen (secondary N) is 3. The van der Waals surface area contributed by atoms with Gasteiger partial charge in [0.25, 0.3) is 0 Å². The molecule has 3 aromatic rings. The van der Waals surface area contributed by atoms with Crippen LogP contribution in [0.15, 0.2) is 42.6 Å². The van der Waals surface area contributed by atoms with Crippen LogP contribution >= 0.6 is 0 Å². The summed E-state index contributed by atoms with van der Waals surface area (Å²) in [6.45, 7) is 5.34. The topological polar surface area (TPSA) is 86.6 Å². The number of amides is 2. The highest BCUT2D eigenvalue weighted by atomic mass is 19.1. The van der Waals surface area contributed by atoms with Crippen LogP contribution in [0, 0.1) is 5.82 Å². The summed E-state index contributed by atoms with van der Waals surface area (Å²) in [7, 11) is 0. The molecule has 0 aliphatic carbocycles. The number of carbonyl (C=O) groups excluding carboxylic acids is 1. The van der Waals surface area contributed by atoms with E-state index in [1.807, 2.05) is 46.7 Å². The van der Waals surface area contributed by atoms with Crippen molar-refractivity contribution in [2.24, 2.45) is 0 Å². The molecular weight excluding hydrogens is 373 g/mol. The largest absolute Gasteiger partial charge is 0.367 e. The quantitative estimate of drug-likeness (QED) is 0.612. The summed E-state index contributed by atoms with van der Waals surface area (Å²) in [5.41, 5.74) is 2.03. The van der Waals surface area contributed by atoms with Crippen molar-refractivity contribution in [1.29, 1.82) is 0 Å². The number of hydrogen-bond acceptors (Lipinski definition) is 5. The number of urea groups is 1. The van der Waals surface area contributed by atoms with Crippen molar-refractivity contribution in [2.75, 3.05) is 31.1 Å². The Hall–Kier alpha value is -3.20. The van der Waals surface area contributed by atoms with E-state index in [1.165, 1.54) is 6.07 Å². The Morgan fingerprint density at radius 1 is 1.24 bits per heavy atom. The van der Waals surface area contributed by atoms with Gasteiger partial charge in [0.1, 0.15) is 5.82 Å². The maximum Gasteiger partial charge on any atom is 0.315 e. The van der Waals surface area contributed by atoms with Crippen LogP contribution in [0.3, 0.4) is 0 Å². The van der Waals surface area contributed by atoms with Crippen LogP contribution < -0.4 is 20.9 Å². The maximum atomic E-state index is 14.5. The fraction of sp³-hybridized carbons (Fsp3) is 0.350. The van der Waals surface area contributed by atoms with E-state index < -0.39 is 0 Å². The number of anilines is 1. The summed E-state index contributed by atoms with van der Waals surface area (Å²) < 4.78 is 16.3. The van der Waals surface area contributed by atoms with Gasteiger partial charge in [-0.2, -0.15) is 0 Å². The molecule has 0 radical (unpaired) electrons. The number of piperazine rings is 1. The molecule has 9 heteroatoms. The molecule has 29 heavy (non-hydrogen) atoms. The molecule has 1 aliphatic rings. The number of hydrogen-bond donors (Lipinski definition) is 3. The summed E-state index contributed by atoms with van der Waals surface area (Å²) in [5.74, 6) is 0.372. The maximum absolute atomic E-state index is 14.5. The zero-order chi connectivity index (χ0) is 20.2. The van der Waals surface area contributed by atoms with E-state index >= 15 is 0 Å². The second kappa shape index (κ2) is 8.44. The third-order valence-electron chi connectivity index (χ3n) is 5.00. The Balaban J connectivity index is 1.34. The molecule has 8 nitrogen and oxygen atoms in total. The van der Waals surface area contributed by atoms with Gasteiger partial charge in [-0.15, -0.1) is 10.2 Å². The molecule has 1 aliphatic heterocycles. The molecule has 0 saturated carbocycles. The van der Waals surface area contributed by atoms with Gasteiger partial charge in [0.2, 0.25) is 0 Å². The Kier molecular flexibility index (Phi) is 5.57. The van der Waals surface area contributed by atoms with E-state index in [2.05, 4.69) is 26.1 Å². The Morgan fingerprint density at radius 2 is 2.07 bits per heavy atom. The number of carbonyl (C=O) groups is 1. The van der Waals surface area contributed by atoms with E-state index in [4.69, 9.17) is 0 Å². The molecule has 1 atom stereocenters. The van der Waals surface area contributed by atoms with Crippen molar-refractivity contribution in [3.63, 3.8) is 0 Å². The number of fused-ring (bicyclic) bond motifs is 1. The van der Waals surface area contributed by atoms with E-state index in [1.54, 1.807) is 6.07 Å². The molecule has 3 N–H and O–H groups in total. The standard InChI is InChI=1S/C20H24FN7O/c1-14(19-26-25-18-4-2-3-9-28(18)19)24-20(29)23-13-15-5-6-17(16(21)12-15)27-10-7-22-8-11-27/h2-6,9,12,14,22H,7-8,10-11,13H2,1H3,(H2,23,24,29). The molecule has 2 amide bonds. The molecule has 1 unspecified atom stereocenters. The summed E-state index contributed by atoms with van der Waals surface area (Å²) in [5, 5.41) is 17.1. The molecule has 2 aromatic heterocycles. The van der Waals surface area contributed by atoms with E-state index in [-0.39, 0.29) is 24.4 Å². The number of rotatable bonds is 5. The normalized spacial score (nSPS) is 15.3. The molecular formula is C20H24FN7O. The lowest BCUT2D eigenvalue weighted by molar-refractivity contribution is 0.237. The second-order valence-electron chi connectivity index (χ2n) is 7.06. The minimum Gasteiger partial charge on any atom is -0.367 e. The smallest absolute Gasteiger partial charge is 0.315 e. The van der Waals surface area contributed by atoms with Gasteiger partial charge in [-0.3, -0.25) is 4.40 Å². The number of nitrogens with zero attached hydrogens (tertiary/aromatic N) is 4. The van der Waals surface area contributed by atoms with Gasteiger partial charge in [-0.25, -0.2) is 9.18 Å². The molecule has 0 bridgehead atoms. The van der Waals surface area contributed by atoms with Crippen LogP contribution in [0.1, 0.15) is 24.4 Å². The van der Waals surface area contributed by atoms with Crippen molar-refractivity contribution >= 4 is 17.4 Å². The van der Waals surface area contributed by atoms with Crippen LogP contribution in [-0.2, 0) is 6.54 Å². The predicted molar refractivity (Wildman–Crippen MR) is 108 cm³/mol. The highest BCUT2D eigenvalue weighted by Crippen LogP contribution is 2.21. The lowest BCUT2D eigenvalue weighted by atomic mass is 10.1. The fourth-order valence-corrected chi connectivity index (χ4v) is 3.47. The number of benzene rings is 1. The summed E-state index contributed by atoms with van der Waals surface area (Å²) >= 11 is 0. The third-order valence-corrected chi connectivity index (χ3v) is 5.00. The van der Waals surface area contributed by atoms with Crippen molar-refractivity contribution in [2.45, 2.75) is 19.5 Å². The monoisotopic (exact) mass is 397 g/mol. The molecule has 152 valence electrons. The molecule has 0 spiro atoms. The molecule has 1 aromatic carbocycles. The fourth-order valence-electron chi connectivity index (χ4n) is 3.47. The van der Waals surface area contributed by atoms with E-state index in [0.29, 0.717) is 17.1 Å². The van der Waals surface area contributed by atoms with Crippen LogP contribution in [-0.4, -0.2) is 46.8 Å². The Labute approximate surface area is 168 Å². The highest BCUT2D eigenvalue weighted by molar-refractivity contribution is 5.74. The van der Waals surface area contributed by atoms with Crippen molar-refractivity contribution in [3.05, 3.63) is 59.8 Å². The van der Waals surface area contributed by atoms with E-state index in [0.717, 1.165) is 31.8 Å². The lowest BCUT2D eigenvalue weighted by Crippen LogP contribution is -2.43. The van der Waals surface area contributed by atoms with Crippen LogP contribution in [0.4, 0.5) is 14.9 Å². The SMILES string of the molecule is CC(NC(=O)NCc1ccc(N2CCNCC2)c(F)c1)c1nnc2ccccn12. The highest BCUT2D eigenvalue weighted by Gasteiger charge is 2.17.